The highest BCUT2D eigenvalue weighted by molar-refractivity contribution is 8.05. The third-order valence-electron chi connectivity index (χ3n) is 4.40. The molecule has 0 spiro atoms. The fourth-order valence-corrected chi connectivity index (χ4v) is 3.81. The molecule has 2 N–H and O–H groups in total. The lowest BCUT2D eigenvalue weighted by Gasteiger charge is -2.21. The van der Waals surface area contributed by atoms with Gasteiger partial charge < -0.3 is 5.32 Å². The van der Waals surface area contributed by atoms with Crippen molar-refractivity contribution in [3.8, 4) is 0 Å². The molecule has 0 aliphatic rings. The molecule has 11 heteroatoms. The Kier molecular flexibility index (Phi) is 14.2. The summed E-state index contributed by atoms with van der Waals surface area (Å²) in [5, 5.41) is 5.40. The van der Waals surface area contributed by atoms with Crippen LogP contribution in [-0.2, 0) is 20.4 Å². The van der Waals surface area contributed by atoms with E-state index in [9.17, 15) is 26.4 Å². The molecule has 0 saturated carbocycles. The molecule has 1 unspecified atom stereocenters. The lowest BCUT2D eigenvalue weighted by molar-refractivity contribution is -0.163. The Morgan fingerprint density at radius 3 is 2.29 bits per heavy atom. The summed E-state index contributed by atoms with van der Waals surface area (Å²) in [7, 11) is -3.92. The van der Waals surface area contributed by atoms with E-state index in [1.165, 1.54) is 26.1 Å². The minimum absolute atomic E-state index is 0.00938. The quantitative estimate of drug-likeness (QED) is 0.203. The molecular formula is C24H33F3N4O3S. The second-order valence-electron chi connectivity index (χ2n) is 6.95. The molecule has 1 aromatic rings. The number of hydrogen-bond acceptors (Lipinski definition) is 5. The standard InChI is InChI=1S/C22H27F3N4O3S.C2H6/c1-5-10-19(22(23,24)25)16(3)17(4)28-20(30)14-27-29-21(26-13-6-2)33(31,32)15-18-11-8-7-9-12-18;1-2/h5-9,11-14,19H,1,10,15H2,2-4H3,(H,26,29)(H,28,30);1-2H3/b13-6-,17-16+,27-14+;. The van der Waals surface area contributed by atoms with Gasteiger partial charge in [0.15, 0.2) is 0 Å². The van der Waals surface area contributed by atoms with Gasteiger partial charge in [-0.3, -0.25) is 10.2 Å². The van der Waals surface area contributed by atoms with E-state index >= 15 is 0 Å². The minimum Gasteiger partial charge on any atom is -0.325 e. The van der Waals surface area contributed by atoms with Crippen LogP contribution in [0.5, 0.6) is 0 Å². The molecule has 0 bridgehead atoms. The van der Waals surface area contributed by atoms with Crippen molar-refractivity contribution in [2.45, 2.75) is 53.0 Å². The van der Waals surface area contributed by atoms with Crippen LogP contribution in [0.2, 0.25) is 0 Å². The average Bonchev–Trinajstić information content (AvgIpc) is 2.80. The van der Waals surface area contributed by atoms with Crippen molar-refractivity contribution in [2.75, 3.05) is 0 Å². The first kappa shape index (κ1) is 31.8. The molecule has 0 aliphatic carbocycles. The van der Waals surface area contributed by atoms with Gasteiger partial charge in [0.1, 0.15) is 6.21 Å². The van der Waals surface area contributed by atoms with Gasteiger partial charge in [-0.2, -0.15) is 18.3 Å². The largest absolute Gasteiger partial charge is 0.395 e. The molecule has 1 rings (SSSR count). The van der Waals surface area contributed by atoms with Gasteiger partial charge >= 0.3 is 6.18 Å². The van der Waals surface area contributed by atoms with Crippen LogP contribution in [0, 0.1) is 5.92 Å². The molecule has 0 heterocycles. The predicted octanol–water partition coefficient (Wildman–Crippen LogP) is 5.26. The maximum atomic E-state index is 13.2. The number of benzene rings is 1. The number of amidine groups is 1. The first-order valence-corrected chi connectivity index (χ1v) is 12.5. The number of halogens is 3. The number of amides is 1. The molecule has 35 heavy (non-hydrogen) atoms. The number of hydrogen-bond donors (Lipinski definition) is 2. The van der Waals surface area contributed by atoms with Crippen molar-refractivity contribution >= 4 is 27.1 Å². The summed E-state index contributed by atoms with van der Waals surface area (Å²) in [6.07, 6.45) is -0.200. The van der Waals surface area contributed by atoms with Crippen LogP contribution in [-0.4, -0.2) is 31.9 Å². The second-order valence-corrected chi connectivity index (χ2v) is 8.85. The number of nitrogens with one attached hydrogen (secondary N) is 2. The normalized spacial score (nSPS) is 14.1. The summed E-state index contributed by atoms with van der Waals surface area (Å²) in [6.45, 7) is 11.6. The van der Waals surface area contributed by atoms with E-state index in [-0.39, 0.29) is 23.4 Å². The van der Waals surface area contributed by atoms with Gasteiger partial charge in [0.2, 0.25) is 15.0 Å². The van der Waals surface area contributed by atoms with Crippen LogP contribution < -0.4 is 10.7 Å². The molecule has 194 valence electrons. The number of nitrogens with zero attached hydrogens (tertiary/aromatic N) is 2. The molecule has 1 aromatic carbocycles. The highest BCUT2D eigenvalue weighted by Gasteiger charge is 2.40. The molecular weight excluding hydrogens is 481 g/mol. The van der Waals surface area contributed by atoms with Crippen molar-refractivity contribution in [1.82, 2.24) is 10.7 Å². The zero-order valence-electron chi connectivity index (χ0n) is 20.6. The molecule has 0 fully saturated rings. The molecule has 1 amide bonds. The van der Waals surface area contributed by atoms with Gasteiger partial charge in [-0.15, -0.1) is 6.58 Å². The molecule has 0 aromatic heterocycles. The van der Waals surface area contributed by atoms with Gasteiger partial charge in [-0.25, -0.2) is 13.4 Å². The van der Waals surface area contributed by atoms with Crippen molar-refractivity contribution < 1.29 is 26.4 Å². The number of carbonyl (C=O) groups excluding carboxylic acids is 1. The Morgan fingerprint density at radius 1 is 1.17 bits per heavy atom. The van der Waals surface area contributed by atoms with Crippen molar-refractivity contribution in [1.29, 1.82) is 0 Å². The van der Waals surface area contributed by atoms with E-state index in [0.717, 1.165) is 12.3 Å². The van der Waals surface area contributed by atoms with Crippen LogP contribution in [0.25, 0.3) is 0 Å². The topological polar surface area (TPSA) is 100.0 Å². The first-order chi connectivity index (χ1) is 16.4. The summed E-state index contributed by atoms with van der Waals surface area (Å²) < 4.78 is 64.9. The zero-order valence-corrected chi connectivity index (χ0v) is 21.4. The van der Waals surface area contributed by atoms with Crippen LogP contribution in [0.1, 0.15) is 46.6 Å². The van der Waals surface area contributed by atoms with E-state index in [1.54, 1.807) is 37.3 Å². The highest BCUT2D eigenvalue weighted by Crippen LogP contribution is 2.35. The summed E-state index contributed by atoms with van der Waals surface area (Å²) >= 11 is 0. The van der Waals surface area contributed by atoms with Crippen molar-refractivity contribution in [2.24, 2.45) is 16.0 Å². The lowest BCUT2D eigenvalue weighted by atomic mass is 9.94. The summed E-state index contributed by atoms with van der Waals surface area (Å²) in [4.78, 5) is 15.9. The summed E-state index contributed by atoms with van der Waals surface area (Å²) in [5.41, 5.74) is 2.70. The number of allylic oxidation sites excluding steroid dienone is 4. The minimum atomic E-state index is -4.49. The van der Waals surface area contributed by atoms with E-state index in [0.29, 0.717) is 5.56 Å². The van der Waals surface area contributed by atoms with Gasteiger partial charge in [0.25, 0.3) is 5.91 Å². The Balaban J connectivity index is 0.00000562. The van der Waals surface area contributed by atoms with Crippen LogP contribution in [0.4, 0.5) is 13.2 Å². The van der Waals surface area contributed by atoms with Gasteiger partial charge in [-0.05, 0) is 38.3 Å². The van der Waals surface area contributed by atoms with Crippen LogP contribution in [0.3, 0.4) is 0 Å². The highest BCUT2D eigenvalue weighted by atomic mass is 32.2. The Hall–Kier alpha value is -3.21. The molecule has 0 saturated heterocycles. The van der Waals surface area contributed by atoms with Crippen molar-refractivity contribution in [3.63, 3.8) is 0 Å². The second kappa shape index (κ2) is 15.6. The van der Waals surface area contributed by atoms with Gasteiger partial charge in [-0.1, -0.05) is 56.3 Å². The monoisotopic (exact) mass is 514 g/mol. The number of aliphatic imine (C=N–C) groups is 1. The number of carbonyl (C=O) groups is 1. The Bertz CT molecular complexity index is 1050. The predicted molar refractivity (Wildman–Crippen MR) is 135 cm³/mol. The van der Waals surface area contributed by atoms with E-state index in [2.05, 4.69) is 27.4 Å². The summed E-state index contributed by atoms with van der Waals surface area (Å²) in [5.74, 6) is -2.97. The lowest BCUT2D eigenvalue weighted by Crippen LogP contribution is -2.31. The smallest absolute Gasteiger partial charge is 0.325 e. The summed E-state index contributed by atoms with van der Waals surface area (Å²) in [6, 6.07) is 8.41. The maximum absolute atomic E-state index is 13.2. The maximum Gasteiger partial charge on any atom is 0.395 e. The average molecular weight is 515 g/mol. The number of rotatable bonds is 9. The SMILES string of the molecule is C=CCC(/C(C)=C(\C)NC(=O)/C=N/NC(=N/C=C\C)S(=O)(=O)Cc1ccccc1)C(F)(F)F.CC. The Labute approximate surface area is 205 Å². The van der Waals surface area contributed by atoms with Crippen LogP contribution >= 0.6 is 0 Å². The van der Waals surface area contributed by atoms with Gasteiger partial charge in [0.05, 0.1) is 11.7 Å². The van der Waals surface area contributed by atoms with E-state index in [4.69, 9.17) is 0 Å². The number of alkyl halides is 3. The van der Waals surface area contributed by atoms with Gasteiger partial charge in [0, 0.05) is 11.9 Å². The van der Waals surface area contributed by atoms with Crippen molar-refractivity contribution in [3.05, 3.63) is 72.1 Å². The fourth-order valence-electron chi connectivity index (χ4n) is 2.63. The molecule has 0 aliphatic heterocycles. The number of sulfone groups is 1. The van der Waals surface area contributed by atoms with Crippen LogP contribution in [0.15, 0.2) is 76.6 Å². The first-order valence-electron chi connectivity index (χ1n) is 10.8. The molecule has 0 radical (unpaired) electrons. The third kappa shape index (κ3) is 11.7. The van der Waals surface area contributed by atoms with E-state index in [1.807, 2.05) is 13.8 Å². The molecule has 1 atom stereocenters. The number of hydrazone groups is 1. The zero-order chi connectivity index (χ0) is 27.1. The fraction of sp³-hybridized carbons (Fsp3) is 0.375. The third-order valence-corrected chi connectivity index (χ3v) is 5.90. The Morgan fingerprint density at radius 2 is 1.77 bits per heavy atom. The van der Waals surface area contributed by atoms with E-state index < -0.39 is 33.0 Å². The molecule has 7 nitrogen and oxygen atoms in total.